The standard InChI is InChI=1S/C18H19N3O2S/c1-11(18(22)21-14-6-4-5-7-16(14)23-3)19-13-8-9-15-17(10-13)24-12(2)20-15/h4-11,19H,1-3H3,(H,21,22)/t11-/m0/s1. The number of hydrogen-bond donors (Lipinski definition) is 2. The second-order valence-electron chi connectivity index (χ2n) is 5.47. The van der Waals surface area contributed by atoms with Crippen molar-refractivity contribution in [2.45, 2.75) is 19.9 Å². The van der Waals surface area contributed by atoms with Crippen molar-refractivity contribution in [1.29, 1.82) is 0 Å². The molecule has 1 amide bonds. The van der Waals surface area contributed by atoms with Crippen molar-refractivity contribution >= 4 is 38.8 Å². The Balaban J connectivity index is 1.70. The molecule has 0 saturated heterocycles. The van der Waals surface area contributed by atoms with E-state index in [2.05, 4.69) is 15.6 Å². The van der Waals surface area contributed by atoms with Crippen molar-refractivity contribution in [2.24, 2.45) is 0 Å². The molecule has 1 atom stereocenters. The van der Waals surface area contributed by atoms with Gasteiger partial charge >= 0.3 is 0 Å². The number of aryl methyl sites for hydroxylation is 1. The maximum Gasteiger partial charge on any atom is 0.246 e. The number of carbonyl (C=O) groups is 1. The molecule has 0 unspecified atom stereocenters. The Kier molecular flexibility index (Phi) is 4.66. The zero-order valence-corrected chi connectivity index (χ0v) is 14.6. The van der Waals surface area contributed by atoms with Crippen molar-refractivity contribution < 1.29 is 9.53 Å². The number of benzene rings is 2. The quantitative estimate of drug-likeness (QED) is 0.735. The molecule has 124 valence electrons. The summed E-state index contributed by atoms with van der Waals surface area (Å²) in [4.78, 5) is 16.9. The highest BCUT2D eigenvalue weighted by molar-refractivity contribution is 7.18. The van der Waals surface area contributed by atoms with Crippen LogP contribution in [0.1, 0.15) is 11.9 Å². The van der Waals surface area contributed by atoms with E-state index in [0.29, 0.717) is 11.4 Å². The fourth-order valence-corrected chi connectivity index (χ4v) is 3.30. The van der Waals surface area contributed by atoms with Crippen LogP contribution in [0.15, 0.2) is 42.5 Å². The summed E-state index contributed by atoms with van der Waals surface area (Å²) in [6.45, 7) is 3.81. The van der Waals surface area contributed by atoms with Gasteiger partial charge in [-0.3, -0.25) is 4.79 Å². The molecule has 0 saturated carbocycles. The van der Waals surface area contributed by atoms with Crippen LogP contribution in [0.25, 0.3) is 10.2 Å². The molecule has 2 N–H and O–H groups in total. The molecule has 1 aromatic heterocycles. The third-order valence-electron chi connectivity index (χ3n) is 3.64. The lowest BCUT2D eigenvalue weighted by Crippen LogP contribution is -2.31. The molecule has 3 rings (SSSR count). The summed E-state index contributed by atoms with van der Waals surface area (Å²) in [5, 5.41) is 7.14. The number of nitrogens with one attached hydrogen (secondary N) is 2. The number of amides is 1. The van der Waals surface area contributed by atoms with Crippen LogP contribution < -0.4 is 15.4 Å². The summed E-state index contributed by atoms with van der Waals surface area (Å²) in [5.74, 6) is 0.514. The van der Waals surface area contributed by atoms with E-state index >= 15 is 0 Å². The predicted molar refractivity (Wildman–Crippen MR) is 99.1 cm³/mol. The SMILES string of the molecule is COc1ccccc1NC(=O)[C@H](C)Nc1ccc2nc(C)sc2c1. The van der Waals surface area contributed by atoms with Gasteiger partial charge in [-0.2, -0.15) is 0 Å². The molecule has 0 spiro atoms. The van der Waals surface area contributed by atoms with E-state index in [1.807, 2.05) is 56.3 Å². The van der Waals surface area contributed by atoms with E-state index in [1.54, 1.807) is 18.4 Å². The normalized spacial score (nSPS) is 12.0. The first-order valence-corrected chi connectivity index (χ1v) is 8.46. The Labute approximate surface area is 144 Å². The number of anilines is 2. The van der Waals surface area contributed by atoms with Gasteiger partial charge in [0.15, 0.2) is 0 Å². The highest BCUT2D eigenvalue weighted by atomic mass is 32.1. The highest BCUT2D eigenvalue weighted by Crippen LogP contribution is 2.26. The van der Waals surface area contributed by atoms with Gasteiger partial charge < -0.3 is 15.4 Å². The van der Waals surface area contributed by atoms with Gasteiger partial charge in [-0.1, -0.05) is 12.1 Å². The average molecular weight is 341 g/mol. The molecular formula is C18H19N3O2S. The fourth-order valence-electron chi connectivity index (χ4n) is 2.43. The van der Waals surface area contributed by atoms with E-state index in [-0.39, 0.29) is 11.9 Å². The summed E-state index contributed by atoms with van der Waals surface area (Å²) < 4.78 is 6.36. The monoisotopic (exact) mass is 341 g/mol. The number of methoxy groups -OCH3 is 1. The van der Waals surface area contributed by atoms with E-state index < -0.39 is 0 Å². The van der Waals surface area contributed by atoms with Gasteiger partial charge in [-0.25, -0.2) is 4.98 Å². The van der Waals surface area contributed by atoms with Gasteiger partial charge in [0, 0.05) is 5.69 Å². The number of hydrogen-bond acceptors (Lipinski definition) is 5. The van der Waals surface area contributed by atoms with Gasteiger partial charge in [-0.15, -0.1) is 11.3 Å². The number of para-hydroxylation sites is 2. The Morgan fingerprint density at radius 3 is 2.83 bits per heavy atom. The van der Waals surface area contributed by atoms with E-state index in [4.69, 9.17) is 4.74 Å². The Morgan fingerprint density at radius 2 is 2.04 bits per heavy atom. The Morgan fingerprint density at radius 1 is 1.25 bits per heavy atom. The first kappa shape index (κ1) is 16.3. The van der Waals surface area contributed by atoms with Gasteiger partial charge in [0.25, 0.3) is 0 Å². The fraction of sp³-hybridized carbons (Fsp3) is 0.222. The number of carbonyl (C=O) groups excluding carboxylic acids is 1. The summed E-state index contributed by atoms with van der Waals surface area (Å²) in [5.41, 5.74) is 2.54. The smallest absolute Gasteiger partial charge is 0.246 e. The maximum atomic E-state index is 12.4. The van der Waals surface area contributed by atoms with Crippen LogP contribution in [0, 0.1) is 6.92 Å². The Bertz CT molecular complexity index is 876. The number of ether oxygens (including phenoxy) is 1. The molecule has 1 heterocycles. The average Bonchev–Trinajstić information content (AvgIpc) is 2.94. The minimum absolute atomic E-state index is 0.125. The zero-order chi connectivity index (χ0) is 17.1. The molecule has 0 aliphatic rings. The third-order valence-corrected chi connectivity index (χ3v) is 4.57. The van der Waals surface area contributed by atoms with Crippen molar-refractivity contribution in [3.05, 3.63) is 47.5 Å². The van der Waals surface area contributed by atoms with Crippen molar-refractivity contribution in [1.82, 2.24) is 4.98 Å². The molecule has 0 aliphatic heterocycles. The zero-order valence-electron chi connectivity index (χ0n) is 13.8. The lowest BCUT2D eigenvalue weighted by atomic mass is 10.2. The first-order valence-electron chi connectivity index (χ1n) is 7.64. The van der Waals surface area contributed by atoms with E-state index in [0.717, 1.165) is 20.9 Å². The van der Waals surface area contributed by atoms with Crippen molar-refractivity contribution in [3.8, 4) is 5.75 Å². The lowest BCUT2D eigenvalue weighted by molar-refractivity contribution is -0.116. The number of nitrogens with zero attached hydrogens (tertiary/aromatic N) is 1. The second-order valence-corrected chi connectivity index (χ2v) is 6.71. The van der Waals surface area contributed by atoms with Crippen molar-refractivity contribution in [2.75, 3.05) is 17.7 Å². The van der Waals surface area contributed by atoms with Crippen LogP contribution in [0.5, 0.6) is 5.75 Å². The molecule has 3 aromatic rings. The molecule has 5 nitrogen and oxygen atoms in total. The molecule has 0 radical (unpaired) electrons. The number of rotatable bonds is 5. The van der Waals surface area contributed by atoms with Gasteiger partial charge in [0.1, 0.15) is 11.8 Å². The molecule has 24 heavy (non-hydrogen) atoms. The largest absolute Gasteiger partial charge is 0.495 e. The highest BCUT2D eigenvalue weighted by Gasteiger charge is 2.15. The minimum atomic E-state index is -0.388. The van der Waals surface area contributed by atoms with Crippen LogP contribution in [-0.2, 0) is 4.79 Å². The molecule has 6 heteroatoms. The van der Waals surface area contributed by atoms with Crippen LogP contribution in [0.3, 0.4) is 0 Å². The minimum Gasteiger partial charge on any atom is -0.495 e. The molecule has 0 aliphatic carbocycles. The van der Waals surface area contributed by atoms with E-state index in [9.17, 15) is 4.79 Å². The molecular weight excluding hydrogens is 322 g/mol. The first-order chi connectivity index (χ1) is 11.6. The summed E-state index contributed by atoms with van der Waals surface area (Å²) >= 11 is 1.64. The van der Waals surface area contributed by atoms with Gasteiger partial charge in [0.05, 0.1) is 28.0 Å². The summed E-state index contributed by atoms with van der Waals surface area (Å²) in [6, 6.07) is 12.9. The lowest BCUT2D eigenvalue weighted by Gasteiger charge is -2.16. The van der Waals surface area contributed by atoms with Crippen LogP contribution in [0.2, 0.25) is 0 Å². The van der Waals surface area contributed by atoms with Crippen molar-refractivity contribution in [3.63, 3.8) is 0 Å². The topological polar surface area (TPSA) is 63.2 Å². The van der Waals surface area contributed by atoms with E-state index in [1.165, 1.54) is 0 Å². The summed E-state index contributed by atoms with van der Waals surface area (Å²) in [7, 11) is 1.58. The number of fused-ring (bicyclic) bond motifs is 1. The second kappa shape index (κ2) is 6.88. The van der Waals surface area contributed by atoms with Gasteiger partial charge in [-0.05, 0) is 44.2 Å². The maximum absolute atomic E-state index is 12.4. The van der Waals surface area contributed by atoms with Crippen LogP contribution >= 0.6 is 11.3 Å². The van der Waals surface area contributed by atoms with Crippen LogP contribution in [-0.4, -0.2) is 24.0 Å². The van der Waals surface area contributed by atoms with Gasteiger partial charge in [0.2, 0.25) is 5.91 Å². The third kappa shape index (κ3) is 3.49. The Hall–Kier alpha value is -2.60. The summed E-state index contributed by atoms with van der Waals surface area (Å²) in [6.07, 6.45) is 0. The molecule has 2 aromatic carbocycles. The molecule has 0 fully saturated rings. The van der Waals surface area contributed by atoms with Crippen LogP contribution in [0.4, 0.5) is 11.4 Å². The number of thiazole rings is 1. The predicted octanol–water partition coefficient (Wildman–Crippen LogP) is 4.05. The number of aromatic nitrogens is 1. The molecule has 0 bridgehead atoms.